The van der Waals surface area contributed by atoms with Crippen LogP contribution >= 0.6 is 0 Å². The molecule has 1 aromatic carbocycles. The Morgan fingerprint density at radius 1 is 1.19 bits per heavy atom. The first-order valence-corrected chi connectivity index (χ1v) is 8.78. The van der Waals surface area contributed by atoms with Crippen molar-refractivity contribution in [3.05, 3.63) is 52.8 Å². The average molecular weight is 351 g/mol. The number of carbonyl (C=O) groups is 2. The van der Waals surface area contributed by atoms with Crippen LogP contribution in [0, 0.1) is 6.92 Å². The van der Waals surface area contributed by atoms with Crippen molar-refractivity contribution in [3.8, 4) is 0 Å². The van der Waals surface area contributed by atoms with E-state index in [-0.39, 0.29) is 35.5 Å². The van der Waals surface area contributed by atoms with Crippen LogP contribution < -0.4 is 11.1 Å². The third-order valence-corrected chi connectivity index (χ3v) is 5.07. The summed E-state index contributed by atoms with van der Waals surface area (Å²) in [6.45, 7) is 2.29. The normalized spacial score (nSPS) is 19.7. The standard InChI is InChI=1S/C19H21N5O2/c1-11-6-16(23-19(20)21-11)18(26)22-14-9-17(25)24(10-14)15-7-12-4-2-3-5-13(12)8-15/h2-6,14-15H,7-10H2,1H3,(H,22,26)(H2,20,21,23)/t14-/m1/s1. The van der Waals surface area contributed by atoms with Gasteiger partial charge < -0.3 is 16.0 Å². The lowest BCUT2D eigenvalue weighted by Crippen LogP contribution is -2.41. The van der Waals surface area contributed by atoms with Gasteiger partial charge in [0.25, 0.3) is 5.91 Å². The molecule has 2 aromatic rings. The number of benzene rings is 1. The fourth-order valence-electron chi connectivity index (χ4n) is 3.90. The SMILES string of the molecule is Cc1cc(C(=O)N[C@@H]2CC(=O)N(C3Cc4ccccc4C3)C2)nc(N)n1. The predicted molar refractivity (Wildman–Crippen MR) is 96.4 cm³/mol. The predicted octanol–water partition coefficient (Wildman–Crippen LogP) is 0.865. The molecule has 7 nitrogen and oxygen atoms in total. The lowest BCUT2D eigenvalue weighted by molar-refractivity contribution is -0.129. The van der Waals surface area contributed by atoms with Crippen LogP contribution in [-0.4, -0.2) is 45.3 Å². The molecule has 0 spiro atoms. The first kappa shape index (κ1) is 16.5. The molecule has 26 heavy (non-hydrogen) atoms. The highest BCUT2D eigenvalue weighted by atomic mass is 16.2. The fraction of sp³-hybridized carbons (Fsp3) is 0.368. The van der Waals surface area contributed by atoms with Gasteiger partial charge in [-0.15, -0.1) is 0 Å². The van der Waals surface area contributed by atoms with Gasteiger partial charge in [-0.2, -0.15) is 0 Å². The Morgan fingerprint density at radius 2 is 1.88 bits per heavy atom. The van der Waals surface area contributed by atoms with E-state index in [1.807, 2.05) is 17.0 Å². The Kier molecular flexibility index (Phi) is 4.06. The third kappa shape index (κ3) is 3.12. The van der Waals surface area contributed by atoms with Crippen molar-refractivity contribution in [3.63, 3.8) is 0 Å². The molecular weight excluding hydrogens is 330 g/mol. The Bertz CT molecular complexity index is 837. The number of fused-ring (bicyclic) bond motifs is 1. The van der Waals surface area contributed by atoms with E-state index in [0.717, 1.165) is 12.8 Å². The van der Waals surface area contributed by atoms with E-state index in [2.05, 4.69) is 27.4 Å². The number of hydrogen-bond acceptors (Lipinski definition) is 5. The van der Waals surface area contributed by atoms with Crippen molar-refractivity contribution in [2.45, 2.75) is 38.3 Å². The number of anilines is 1. The van der Waals surface area contributed by atoms with E-state index in [0.29, 0.717) is 18.7 Å². The van der Waals surface area contributed by atoms with E-state index in [1.54, 1.807) is 13.0 Å². The average Bonchev–Trinajstić information content (AvgIpc) is 3.16. The molecule has 1 atom stereocenters. The van der Waals surface area contributed by atoms with Crippen LogP contribution in [0.4, 0.5) is 5.95 Å². The van der Waals surface area contributed by atoms with E-state index >= 15 is 0 Å². The molecule has 1 aliphatic carbocycles. The topological polar surface area (TPSA) is 101 Å². The molecular formula is C19H21N5O2. The molecule has 0 bridgehead atoms. The second kappa shape index (κ2) is 6.40. The maximum Gasteiger partial charge on any atom is 0.270 e. The Balaban J connectivity index is 1.41. The summed E-state index contributed by atoms with van der Waals surface area (Å²) < 4.78 is 0. The maximum atomic E-state index is 12.5. The Hall–Kier alpha value is -2.96. The van der Waals surface area contributed by atoms with Crippen molar-refractivity contribution in [2.75, 3.05) is 12.3 Å². The number of nitrogens with two attached hydrogens (primary N) is 1. The lowest BCUT2D eigenvalue weighted by Gasteiger charge is -2.24. The maximum absolute atomic E-state index is 12.5. The number of nitrogens with zero attached hydrogens (tertiary/aromatic N) is 3. The number of hydrogen-bond donors (Lipinski definition) is 2. The van der Waals surface area contributed by atoms with Crippen molar-refractivity contribution in [1.82, 2.24) is 20.2 Å². The van der Waals surface area contributed by atoms with E-state index in [9.17, 15) is 9.59 Å². The van der Waals surface area contributed by atoms with Crippen molar-refractivity contribution < 1.29 is 9.59 Å². The molecule has 1 aliphatic heterocycles. The van der Waals surface area contributed by atoms with Crippen molar-refractivity contribution in [2.24, 2.45) is 0 Å². The summed E-state index contributed by atoms with van der Waals surface area (Å²) >= 11 is 0. The molecule has 3 N–H and O–H groups in total. The van der Waals surface area contributed by atoms with E-state index < -0.39 is 0 Å². The summed E-state index contributed by atoms with van der Waals surface area (Å²) in [5.74, 6) is -0.161. The minimum absolute atomic E-state index is 0.0722. The summed E-state index contributed by atoms with van der Waals surface area (Å²) in [4.78, 5) is 34.8. The van der Waals surface area contributed by atoms with Crippen LogP contribution in [0.25, 0.3) is 0 Å². The zero-order chi connectivity index (χ0) is 18.3. The Labute approximate surface area is 151 Å². The summed E-state index contributed by atoms with van der Waals surface area (Å²) in [6, 6.07) is 9.87. The first-order chi connectivity index (χ1) is 12.5. The number of likely N-dealkylation sites (tertiary alicyclic amines) is 1. The molecule has 2 heterocycles. The monoisotopic (exact) mass is 351 g/mol. The second-order valence-corrected chi connectivity index (χ2v) is 7.00. The molecule has 1 saturated heterocycles. The highest BCUT2D eigenvalue weighted by Gasteiger charge is 2.37. The third-order valence-electron chi connectivity index (χ3n) is 5.07. The number of nitrogens with one attached hydrogen (secondary N) is 1. The van der Waals surface area contributed by atoms with Crippen LogP contribution in [0.15, 0.2) is 30.3 Å². The number of nitrogen functional groups attached to an aromatic ring is 1. The molecule has 1 aromatic heterocycles. The quantitative estimate of drug-likeness (QED) is 0.854. The number of aromatic nitrogens is 2. The second-order valence-electron chi connectivity index (χ2n) is 7.00. The molecule has 0 radical (unpaired) electrons. The molecule has 0 saturated carbocycles. The van der Waals surface area contributed by atoms with Crippen molar-refractivity contribution >= 4 is 17.8 Å². The van der Waals surface area contributed by atoms with Crippen LogP contribution in [-0.2, 0) is 17.6 Å². The van der Waals surface area contributed by atoms with Gasteiger partial charge in [0, 0.05) is 24.7 Å². The van der Waals surface area contributed by atoms with Crippen LogP contribution in [0.1, 0.15) is 33.7 Å². The zero-order valence-corrected chi connectivity index (χ0v) is 14.6. The molecule has 4 rings (SSSR count). The minimum Gasteiger partial charge on any atom is -0.368 e. The van der Waals surface area contributed by atoms with Gasteiger partial charge in [-0.05, 0) is 37.0 Å². The van der Waals surface area contributed by atoms with Gasteiger partial charge in [0.05, 0.1) is 6.04 Å². The van der Waals surface area contributed by atoms with Gasteiger partial charge in [-0.3, -0.25) is 9.59 Å². The summed E-state index contributed by atoms with van der Waals surface area (Å²) in [5.41, 5.74) is 9.09. The van der Waals surface area contributed by atoms with Crippen molar-refractivity contribution in [1.29, 1.82) is 0 Å². The molecule has 2 aliphatic rings. The first-order valence-electron chi connectivity index (χ1n) is 8.78. The minimum atomic E-state index is -0.323. The largest absolute Gasteiger partial charge is 0.368 e. The smallest absolute Gasteiger partial charge is 0.270 e. The molecule has 7 heteroatoms. The van der Waals surface area contributed by atoms with Gasteiger partial charge in [0.15, 0.2) is 0 Å². The van der Waals surface area contributed by atoms with Gasteiger partial charge in [0.1, 0.15) is 5.69 Å². The van der Waals surface area contributed by atoms with E-state index in [4.69, 9.17) is 5.73 Å². The van der Waals surface area contributed by atoms with Crippen LogP contribution in [0.2, 0.25) is 0 Å². The lowest BCUT2D eigenvalue weighted by atomic mass is 10.1. The molecule has 0 unspecified atom stereocenters. The Morgan fingerprint density at radius 3 is 2.54 bits per heavy atom. The zero-order valence-electron chi connectivity index (χ0n) is 14.6. The number of rotatable bonds is 3. The summed E-state index contributed by atoms with van der Waals surface area (Å²) in [6.07, 6.45) is 2.08. The molecule has 1 fully saturated rings. The van der Waals surface area contributed by atoms with Gasteiger partial charge in [-0.25, -0.2) is 9.97 Å². The highest BCUT2D eigenvalue weighted by Crippen LogP contribution is 2.28. The van der Waals surface area contributed by atoms with Crippen LogP contribution in [0.3, 0.4) is 0 Å². The fourth-order valence-corrected chi connectivity index (χ4v) is 3.90. The number of aryl methyl sites for hydroxylation is 1. The van der Waals surface area contributed by atoms with Gasteiger partial charge >= 0.3 is 0 Å². The molecule has 2 amide bonds. The number of amides is 2. The summed E-state index contributed by atoms with van der Waals surface area (Å²) in [5, 5.41) is 2.91. The number of carbonyl (C=O) groups excluding carboxylic acids is 2. The van der Waals surface area contributed by atoms with Crippen LogP contribution in [0.5, 0.6) is 0 Å². The van der Waals surface area contributed by atoms with Gasteiger partial charge in [-0.1, -0.05) is 24.3 Å². The highest BCUT2D eigenvalue weighted by molar-refractivity contribution is 5.93. The molecule has 134 valence electrons. The van der Waals surface area contributed by atoms with Gasteiger partial charge in [0.2, 0.25) is 11.9 Å². The van der Waals surface area contributed by atoms with E-state index in [1.165, 1.54) is 11.1 Å². The summed E-state index contributed by atoms with van der Waals surface area (Å²) in [7, 11) is 0.